The second kappa shape index (κ2) is 11.3. The van der Waals surface area contributed by atoms with Gasteiger partial charge in [-0.05, 0) is 24.5 Å². The number of carbonyl (C=O) groups is 2. The third-order valence-electron chi connectivity index (χ3n) is 6.19. The van der Waals surface area contributed by atoms with E-state index in [2.05, 4.69) is 4.98 Å². The Hall–Kier alpha value is -3.76. The van der Waals surface area contributed by atoms with Crippen LogP contribution in [0.1, 0.15) is 40.0 Å². The number of methoxy groups -OCH3 is 2. The number of nitrogen functional groups attached to an aromatic ring is 1. The zero-order valence-electron chi connectivity index (χ0n) is 21.5. The van der Waals surface area contributed by atoms with Crippen molar-refractivity contribution in [3.63, 3.8) is 0 Å². The van der Waals surface area contributed by atoms with Gasteiger partial charge in [0.2, 0.25) is 11.8 Å². The fraction of sp³-hybridized carbons (Fsp3) is 0.520. The molecular formula is C25H35N5O6. The first-order valence-corrected chi connectivity index (χ1v) is 12.1. The molecule has 196 valence electrons. The van der Waals surface area contributed by atoms with Gasteiger partial charge >= 0.3 is 5.69 Å². The van der Waals surface area contributed by atoms with E-state index >= 15 is 0 Å². The Balaban J connectivity index is 1.98. The summed E-state index contributed by atoms with van der Waals surface area (Å²) in [5.74, 6) is -0.279. The number of aromatic nitrogens is 2. The number of benzene rings is 1. The lowest BCUT2D eigenvalue weighted by Gasteiger charge is -2.27. The molecule has 1 aromatic carbocycles. The van der Waals surface area contributed by atoms with Crippen molar-refractivity contribution in [2.75, 3.05) is 42.8 Å². The fourth-order valence-corrected chi connectivity index (χ4v) is 4.37. The number of nitrogens with one attached hydrogen (secondary N) is 1. The van der Waals surface area contributed by atoms with Gasteiger partial charge in [0, 0.05) is 32.1 Å². The van der Waals surface area contributed by atoms with Gasteiger partial charge in [0.05, 0.1) is 25.8 Å². The second-order valence-corrected chi connectivity index (χ2v) is 9.28. The number of carbonyl (C=O) groups excluding carboxylic acids is 2. The number of aromatic amines is 1. The lowest BCUT2D eigenvalue weighted by Crippen LogP contribution is -2.44. The normalized spacial score (nSPS) is 15.4. The van der Waals surface area contributed by atoms with Crippen molar-refractivity contribution >= 4 is 29.0 Å². The zero-order chi connectivity index (χ0) is 26.6. The third-order valence-corrected chi connectivity index (χ3v) is 6.19. The van der Waals surface area contributed by atoms with E-state index in [1.807, 2.05) is 20.8 Å². The van der Waals surface area contributed by atoms with Gasteiger partial charge in [-0.15, -0.1) is 0 Å². The molecule has 2 amide bonds. The summed E-state index contributed by atoms with van der Waals surface area (Å²) >= 11 is 0. The van der Waals surface area contributed by atoms with E-state index < -0.39 is 23.1 Å². The minimum atomic E-state index is -0.722. The van der Waals surface area contributed by atoms with Gasteiger partial charge in [0.1, 0.15) is 17.3 Å². The minimum Gasteiger partial charge on any atom is -0.497 e. The maximum Gasteiger partial charge on any atom is 0.330 e. The first-order valence-electron chi connectivity index (χ1n) is 12.1. The van der Waals surface area contributed by atoms with Crippen LogP contribution in [0.4, 0.5) is 17.2 Å². The molecule has 0 spiro atoms. The molecule has 0 saturated carbocycles. The number of anilines is 3. The predicted octanol–water partition coefficient (Wildman–Crippen LogP) is 1.98. The number of nitrogens with two attached hydrogens (primary N) is 1. The van der Waals surface area contributed by atoms with Crippen molar-refractivity contribution in [1.82, 2.24) is 9.55 Å². The van der Waals surface area contributed by atoms with Crippen LogP contribution in [-0.4, -0.2) is 48.7 Å². The lowest BCUT2D eigenvalue weighted by atomic mass is 10.1. The SMILES string of the molecule is CCCCN(C(=O)[C@H]1CC(=O)N(c2ccc(OC)cc2OC)C1)c1c(N)n(CC(C)C)c(=O)[nH]c1=O. The van der Waals surface area contributed by atoms with E-state index in [0.717, 1.165) is 6.42 Å². The molecular weight excluding hydrogens is 466 g/mol. The Kier molecular flexibility index (Phi) is 8.44. The largest absolute Gasteiger partial charge is 0.497 e. The minimum absolute atomic E-state index is 0.0277. The van der Waals surface area contributed by atoms with Gasteiger partial charge in [-0.1, -0.05) is 27.2 Å². The summed E-state index contributed by atoms with van der Waals surface area (Å²) in [5.41, 5.74) is 5.43. The standard InChI is InChI=1S/C25H35N5O6/c1-6-7-10-28(21-22(26)30(13-15(2)3)25(34)27-23(21)32)24(33)16-11-20(31)29(14-16)18-9-8-17(35-4)12-19(18)36-5/h8-9,12,15-16H,6-7,10-11,13-14,26H2,1-5H3,(H,27,32,34)/t16-/m0/s1. The molecule has 2 heterocycles. The molecule has 36 heavy (non-hydrogen) atoms. The molecule has 2 aromatic rings. The average Bonchev–Trinajstić information content (AvgIpc) is 3.23. The van der Waals surface area contributed by atoms with E-state index in [9.17, 15) is 19.2 Å². The number of rotatable bonds is 10. The van der Waals surface area contributed by atoms with Crippen LogP contribution < -0.4 is 36.3 Å². The zero-order valence-corrected chi connectivity index (χ0v) is 21.5. The number of H-pyrrole nitrogens is 1. The fourth-order valence-electron chi connectivity index (χ4n) is 4.37. The predicted molar refractivity (Wildman–Crippen MR) is 138 cm³/mol. The molecule has 11 nitrogen and oxygen atoms in total. The quantitative estimate of drug-likeness (QED) is 0.507. The van der Waals surface area contributed by atoms with Crippen LogP contribution in [0.25, 0.3) is 0 Å². The lowest BCUT2D eigenvalue weighted by molar-refractivity contribution is -0.124. The molecule has 1 atom stereocenters. The summed E-state index contributed by atoms with van der Waals surface area (Å²) in [4.78, 5) is 57.1. The molecule has 0 unspecified atom stereocenters. The summed E-state index contributed by atoms with van der Waals surface area (Å²) in [6, 6.07) is 5.09. The molecule has 3 rings (SSSR count). The van der Waals surface area contributed by atoms with Crippen molar-refractivity contribution in [1.29, 1.82) is 0 Å². The van der Waals surface area contributed by atoms with Gasteiger partial charge < -0.3 is 25.0 Å². The highest BCUT2D eigenvalue weighted by Gasteiger charge is 2.39. The highest BCUT2D eigenvalue weighted by Crippen LogP contribution is 2.36. The highest BCUT2D eigenvalue weighted by atomic mass is 16.5. The number of hydrogen-bond donors (Lipinski definition) is 2. The van der Waals surface area contributed by atoms with Crippen LogP contribution in [-0.2, 0) is 16.1 Å². The van der Waals surface area contributed by atoms with Gasteiger partial charge in [0.25, 0.3) is 5.56 Å². The van der Waals surface area contributed by atoms with Crippen LogP contribution >= 0.6 is 0 Å². The Morgan fingerprint density at radius 1 is 1.22 bits per heavy atom. The molecule has 0 bridgehead atoms. The van der Waals surface area contributed by atoms with Crippen LogP contribution in [0.5, 0.6) is 11.5 Å². The maximum absolute atomic E-state index is 13.8. The summed E-state index contributed by atoms with van der Waals surface area (Å²) in [6.45, 7) is 6.45. The van der Waals surface area contributed by atoms with Gasteiger partial charge in [-0.3, -0.25) is 23.9 Å². The number of hydrogen-bond acceptors (Lipinski definition) is 7. The molecule has 1 aromatic heterocycles. The van der Waals surface area contributed by atoms with Crippen molar-refractivity contribution in [2.24, 2.45) is 11.8 Å². The van der Waals surface area contributed by atoms with E-state index in [1.54, 1.807) is 18.2 Å². The van der Waals surface area contributed by atoms with Gasteiger partial charge in [0.15, 0.2) is 5.69 Å². The van der Waals surface area contributed by atoms with Crippen LogP contribution in [0.15, 0.2) is 27.8 Å². The summed E-state index contributed by atoms with van der Waals surface area (Å²) in [7, 11) is 3.03. The van der Waals surface area contributed by atoms with E-state index in [1.165, 1.54) is 28.6 Å². The summed E-state index contributed by atoms with van der Waals surface area (Å²) in [6.07, 6.45) is 1.36. The number of ether oxygens (including phenoxy) is 2. The Bertz CT molecular complexity index is 1230. The first-order chi connectivity index (χ1) is 17.1. The molecule has 3 N–H and O–H groups in total. The average molecular weight is 502 g/mol. The molecule has 0 radical (unpaired) electrons. The van der Waals surface area contributed by atoms with Crippen LogP contribution in [0, 0.1) is 11.8 Å². The van der Waals surface area contributed by atoms with Crippen molar-refractivity contribution in [3.8, 4) is 11.5 Å². The number of amides is 2. The topological polar surface area (TPSA) is 140 Å². The van der Waals surface area contributed by atoms with Gasteiger partial charge in [-0.25, -0.2) is 4.79 Å². The van der Waals surface area contributed by atoms with Crippen LogP contribution in [0.2, 0.25) is 0 Å². The Labute approximate surface area is 209 Å². The summed E-state index contributed by atoms with van der Waals surface area (Å²) in [5, 5.41) is 0. The maximum atomic E-state index is 13.8. The van der Waals surface area contributed by atoms with E-state index in [-0.39, 0.29) is 49.4 Å². The molecule has 11 heteroatoms. The van der Waals surface area contributed by atoms with Crippen LogP contribution in [0.3, 0.4) is 0 Å². The molecule has 1 aliphatic heterocycles. The Morgan fingerprint density at radius 2 is 1.94 bits per heavy atom. The first kappa shape index (κ1) is 26.8. The van der Waals surface area contributed by atoms with Crippen molar-refractivity contribution < 1.29 is 19.1 Å². The molecule has 1 fully saturated rings. The van der Waals surface area contributed by atoms with Gasteiger partial charge in [-0.2, -0.15) is 0 Å². The smallest absolute Gasteiger partial charge is 0.330 e. The van der Waals surface area contributed by atoms with Crippen molar-refractivity contribution in [2.45, 2.75) is 46.6 Å². The molecule has 0 aliphatic carbocycles. The van der Waals surface area contributed by atoms with E-state index in [0.29, 0.717) is 23.6 Å². The molecule has 1 saturated heterocycles. The number of nitrogens with zero attached hydrogens (tertiary/aromatic N) is 3. The highest BCUT2D eigenvalue weighted by molar-refractivity contribution is 6.05. The monoisotopic (exact) mass is 501 g/mol. The van der Waals surface area contributed by atoms with E-state index in [4.69, 9.17) is 15.2 Å². The number of unbranched alkanes of at least 4 members (excludes halogenated alkanes) is 1. The molecule has 1 aliphatic rings. The second-order valence-electron chi connectivity index (χ2n) is 9.28. The summed E-state index contributed by atoms with van der Waals surface area (Å²) < 4.78 is 11.9. The Morgan fingerprint density at radius 3 is 2.56 bits per heavy atom. The van der Waals surface area contributed by atoms with Crippen molar-refractivity contribution in [3.05, 3.63) is 39.0 Å². The third kappa shape index (κ3) is 5.39.